The standard InChI is InChI=1S/C17H18N4O2S2/c22-14(20-11-3-5-18-6-4-11)8-21-10-19-16-15(17(21)23)12(9-25-16)13-2-1-7-24-13/h1-2,7,9-11,18H,3-6,8H2,(H,20,22). The first-order valence-corrected chi connectivity index (χ1v) is 9.99. The van der Waals surface area contributed by atoms with E-state index in [1.807, 2.05) is 22.9 Å². The monoisotopic (exact) mass is 374 g/mol. The fourth-order valence-electron chi connectivity index (χ4n) is 3.09. The van der Waals surface area contributed by atoms with Gasteiger partial charge < -0.3 is 10.6 Å². The Labute approximate surface area is 152 Å². The third kappa shape index (κ3) is 3.37. The maximum absolute atomic E-state index is 12.9. The first kappa shape index (κ1) is 16.4. The molecule has 0 aliphatic carbocycles. The highest BCUT2D eigenvalue weighted by atomic mass is 32.1. The number of aromatic nitrogens is 2. The van der Waals surface area contributed by atoms with Crippen LogP contribution in [0.25, 0.3) is 20.7 Å². The molecule has 0 aromatic carbocycles. The molecule has 0 bridgehead atoms. The summed E-state index contributed by atoms with van der Waals surface area (Å²) >= 11 is 3.05. The van der Waals surface area contributed by atoms with E-state index >= 15 is 0 Å². The van der Waals surface area contributed by atoms with Gasteiger partial charge in [-0.05, 0) is 37.4 Å². The summed E-state index contributed by atoms with van der Waals surface area (Å²) in [6.07, 6.45) is 3.32. The summed E-state index contributed by atoms with van der Waals surface area (Å²) in [5, 5.41) is 10.8. The number of piperidine rings is 1. The summed E-state index contributed by atoms with van der Waals surface area (Å²) in [6, 6.07) is 4.14. The number of thiophene rings is 2. The van der Waals surface area contributed by atoms with Crippen molar-refractivity contribution < 1.29 is 4.79 Å². The molecule has 0 unspecified atom stereocenters. The number of hydrogen-bond donors (Lipinski definition) is 2. The van der Waals surface area contributed by atoms with E-state index in [-0.39, 0.29) is 24.1 Å². The van der Waals surface area contributed by atoms with Gasteiger partial charge in [-0.3, -0.25) is 14.2 Å². The molecule has 0 radical (unpaired) electrons. The molecule has 4 heterocycles. The minimum Gasteiger partial charge on any atom is -0.352 e. The highest BCUT2D eigenvalue weighted by Gasteiger charge is 2.18. The van der Waals surface area contributed by atoms with Crippen molar-refractivity contribution in [2.24, 2.45) is 0 Å². The van der Waals surface area contributed by atoms with Crippen LogP contribution < -0.4 is 16.2 Å². The van der Waals surface area contributed by atoms with Gasteiger partial charge in [-0.2, -0.15) is 0 Å². The predicted octanol–water partition coefficient (Wildman–Crippen LogP) is 2.05. The molecule has 1 amide bonds. The van der Waals surface area contributed by atoms with E-state index in [1.165, 1.54) is 22.2 Å². The van der Waals surface area contributed by atoms with Gasteiger partial charge in [-0.25, -0.2) is 4.98 Å². The number of amides is 1. The third-order valence-electron chi connectivity index (χ3n) is 4.37. The predicted molar refractivity (Wildman–Crippen MR) is 101 cm³/mol. The third-order valence-corrected chi connectivity index (χ3v) is 6.16. The fourth-order valence-corrected chi connectivity index (χ4v) is 4.81. The number of carbonyl (C=O) groups is 1. The van der Waals surface area contributed by atoms with Crippen molar-refractivity contribution in [3.05, 3.63) is 39.6 Å². The van der Waals surface area contributed by atoms with Crippen molar-refractivity contribution in [3.8, 4) is 10.4 Å². The molecule has 130 valence electrons. The molecule has 3 aromatic rings. The van der Waals surface area contributed by atoms with Crippen molar-refractivity contribution in [1.82, 2.24) is 20.2 Å². The van der Waals surface area contributed by atoms with E-state index in [1.54, 1.807) is 11.3 Å². The average molecular weight is 374 g/mol. The Morgan fingerprint density at radius 1 is 1.36 bits per heavy atom. The van der Waals surface area contributed by atoms with Crippen LogP contribution in [0.4, 0.5) is 0 Å². The van der Waals surface area contributed by atoms with Gasteiger partial charge in [-0.15, -0.1) is 22.7 Å². The van der Waals surface area contributed by atoms with Gasteiger partial charge >= 0.3 is 0 Å². The van der Waals surface area contributed by atoms with E-state index < -0.39 is 0 Å². The van der Waals surface area contributed by atoms with E-state index in [0.717, 1.165) is 36.4 Å². The first-order chi connectivity index (χ1) is 12.2. The summed E-state index contributed by atoms with van der Waals surface area (Å²) < 4.78 is 1.41. The Bertz CT molecular complexity index is 939. The zero-order valence-corrected chi connectivity index (χ0v) is 15.2. The maximum Gasteiger partial charge on any atom is 0.263 e. The van der Waals surface area contributed by atoms with Crippen LogP contribution in [0.15, 0.2) is 34.0 Å². The van der Waals surface area contributed by atoms with Gasteiger partial charge in [0.15, 0.2) is 0 Å². The summed E-state index contributed by atoms with van der Waals surface area (Å²) in [7, 11) is 0. The topological polar surface area (TPSA) is 76.0 Å². The zero-order chi connectivity index (χ0) is 17.2. The van der Waals surface area contributed by atoms with Crippen molar-refractivity contribution >= 4 is 38.8 Å². The Balaban J connectivity index is 1.60. The van der Waals surface area contributed by atoms with Crippen LogP contribution in [0, 0.1) is 0 Å². The Morgan fingerprint density at radius 3 is 2.96 bits per heavy atom. The van der Waals surface area contributed by atoms with Crippen LogP contribution in [0.1, 0.15) is 12.8 Å². The Hall–Kier alpha value is -2.03. The van der Waals surface area contributed by atoms with Crippen LogP contribution in [-0.4, -0.2) is 34.6 Å². The molecule has 1 fully saturated rings. The fraction of sp³-hybridized carbons (Fsp3) is 0.353. The average Bonchev–Trinajstić information content (AvgIpc) is 3.27. The molecule has 0 atom stereocenters. The largest absolute Gasteiger partial charge is 0.352 e. The summed E-state index contributed by atoms with van der Waals surface area (Å²) in [4.78, 5) is 31.3. The summed E-state index contributed by atoms with van der Waals surface area (Å²) in [5.74, 6) is -0.136. The molecule has 3 aromatic heterocycles. The molecule has 25 heavy (non-hydrogen) atoms. The molecule has 1 saturated heterocycles. The lowest BCUT2D eigenvalue weighted by atomic mass is 10.1. The molecule has 0 saturated carbocycles. The second-order valence-electron chi connectivity index (χ2n) is 6.08. The lowest BCUT2D eigenvalue weighted by Gasteiger charge is -2.23. The smallest absolute Gasteiger partial charge is 0.263 e. The van der Waals surface area contributed by atoms with Gasteiger partial charge in [0.1, 0.15) is 11.4 Å². The minimum absolute atomic E-state index is 0.00539. The quantitative estimate of drug-likeness (QED) is 0.733. The second-order valence-corrected chi connectivity index (χ2v) is 7.88. The van der Waals surface area contributed by atoms with Crippen LogP contribution in [0.2, 0.25) is 0 Å². The number of carbonyl (C=O) groups excluding carboxylic acids is 1. The Morgan fingerprint density at radius 2 is 2.20 bits per heavy atom. The van der Waals surface area contributed by atoms with Gasteiger partial charge in [0, 0.05) is 21.9 Å². The van der Waals surface area contributed by atoms with Crippen molar-refractivity contribution in [2.75, 3.05) is 13.1 Å². The van der Waals surface area contributed by atoms with Gasteiger partial charge in [0.05, 0.1) is 11.7 Å². The van der Waals surface area contributed by atoms with Crippen molar-refractivity contribution in [2.45, 2.75) is 25.4 Å². The lowest BCUT2D eigenvalue weighted by molar-refractivity contribution is -0.122. The van der Waals surface area contributed by atoms with Crippen LogP contribution in [0.3, 0.4) is 0 Å². The van der Waals surface area contributed by atoms with Crippen LogP contribution >= 0.6 is 22.7 Å². The number of fused-ring (bicyclic) bond motifs is 1. The molecule has 2 N–H and O–H groups in total. The molecule has 8 heteroatoms. The molecule has 1 aliphatic heterocycles. The van der Waals surface area contributed by atoms with E-state index in [9.17, 15) is 9.59 Å². The number of nitrogens with zero attached hydrogens (tertiary/aromatic N) is 2. The van der Waals surface area contributed by atoms with Crippen LogP contribution in [0.5, 0.6) is 0 Å². The second kappa shape index (κ2) is 7.07. The molecular formula is C17H18N4O2S2. The summed E-state index contributed by atoms with van der Waals surface area (Å²) in [6.45, 7) is 1.83. The van der Waals surface area contributed by atoms with Gasteiger partial charge in [0.2, 0.25) is 5.91 Å². The highest BCUT2D eigenvalue weighted by Crippen LogP contribution is 2.33. The zero-order valence-electron chi connectivity index (χ0n) is 13.5. The van der Waals surface area contributed by atoms with Crippen LogP contribution in [-0.2, 0) is 11.3 Å². The highest BCUT2D eigenvalue weighted by molar-refractivity contribution is 7.18. The number of nitrogens with one attached hydrogen (secondary N) is 2. The molecular weight excluding hydrogens is 356 g/mol. The molecule has 4 rings (SSSR count). The molecule has 6 nitrogen and oxygen atoms in total. The number of hydrogen-bond acceptors (Lipinski definition) is 6. The van der Waals surface area contributed by atoms with E-state index in [4.69, 9.17) is 0 Å². The Kier molecular flexibility index (Phi) is 4.65. The minimum atomic E-state index is -0.157. The summed E-state index contributed by atoms with van der Waals surface area (Å²) in [5.41, 5.74) is 0.746. The van der Waals surface area contributed by atoms with Crippen molar-refractivity contribution in [1.29, 1.82) is 0 Å². The number of rotatable bonds is 4. The molecule has 1 aliphatic rings. The van der Waals surface area contributed by atoms with E-state index in [0.29, 0.717) is 10.2 Å². The lowest BCUT2D eigenvalue weighted by Crippen LogP contribution is -2.44. The maximum atomic E-state index is 12.9. The van der Waals surface area contributed by atoms with E-state index in [2.05, 4.69) is 15.6 Å². The SMILES string of the molecule is O=C(Cn1cnc2scc(-c3cccs3)c2c1=O)NC1CCNCC1. The van der Waals surface area contributed by atoms with Gasteiger partial charge in [-0.1, -0.05) is 6.07 Å². The van der Waals surface area contributed by atoms with Gasteiger partial charge in [0.25, 0.3) is 5.56 Å². The molecule has 0 spiro atoms. The first-order valence-electron chi connectivity index (χ1n) is 8.23. The normalized spacial score (nSPS) is 15.5. The van der Waals surface area contributed by atoms with Crippen molar-refractivity contribution in [3.63, 3.8) is 0 Å².